The van der Waals surface area contributed by atoms with Crippen LogP contribution in [0.3, 0.4) is 0 Å². The molecule has 0 saturated heterocycles. The zero-order chi connectivity index (χ0) is 13.5. The second kappa shape index (κ2) is 6.81. The molecule has 1 aromatic rings. The number of nitrogens with one attached hydrogen (secondary N) is 2. The van der Waals surface area contributed by atoms with Crippen molar-refractivity contribution in [3.05, 3.63) is 41.4 Å². The highest BCUT2D eigenvalue weighted by Crippen LogP contribution is 2.19. The van der Waals surface area contributed by atoms with E-state index in [1.165, 1.54) is 0 Å². The molecule has 2 N–H and O–H groups in total. The first-order valence-corrected chi connectivity index (χ1v) is 5.84. The van der Waals surface area contributed by atoms with Gasteiger partial charge in [0.15, 0.2) is 0 Å². The van der Waals surface area contributed by atoms with E-state index in [4.69, 9.17) is 11.6 Å². The Morgan fingerprint density at radius 2 is 2.11 bits per heavy atom. The Labute approximate surface area is 111 Å². The van der Waals surface area contributed by atoms with Gasteiger partial charge in [0.1, 0.15) is 6.42 Å². The molecule has 0 aromatic heterocycles. The van der Waals surface area contributed by atoms with Gasteiger partial charge in [-0.2, -0.15) is 0 Å². The summed E-state index contributed by atoms with van der Waals surface area (Å²) in [6.45, 7) is 5.69. The fourth-order valence-corrected chi connectivity index (χ4v) is 1.45. The van der Waals surface area contributed by atoms with E-state index in [0.717, 1.165) is 5.56 Å². The Hall–Kier alpha value is -1.81. The van der Waals surface area contributed by atoms with Crippen LogP contribution in [0.15, 0.2) is 30.9 Å². The number of aryl methyl sites for hydroxylation is 1. The summed E-state index contributed by atoms with van der Waals surface area (Å²) in [5.41, 5.74) is 1.51. The maximum Gasteiger partial charge on any atom is 0.233 e. The van der Waals surface area contributed by atoms with E-state index in [2.05, 4.69) is 17.2 Å². The smallest absolute Gasteiger partial charge is 0.233 e. The summed E-state index contributed by atoms with van der Waals surface area (Å²) < 4.78 is 0. The minimum Gasteiger partial charge on any atom is -0.352 e. The number of carbonyl (C=O) groups is 2. The molecule has 18 heavy (non-hydrogen) atoms. The van der Waals surface area contributed by atoms with Crippen molar-refractivity contribution >= 4 is 29.1 Å². The molecule has 1 rings (SSSR count). The van der Waals surface area contributed by atoms with Gasteiger partial charge in [-0.05, 0) is 24.6 Å². The van der Waals surface area contributed by atoms with Crippen LogP contribution in [-0.2, 0) is 9.59 Å². The predicted octanol–water partition coefficient (Wildman–Crippen LogP) is 2.28. The first kappa shape index (κ1) is 14.3. The lowest BCUT2D eigenvalue weighted by atomic mass is 10.2. The van der Waals surface area contributed by atoms with Crippen LogP contribution in [0, 0.1) is 6.92 Å². The molecule has 0 unspecified atom stereocenters. The molecule has 0 fully saturated rings. The maximum absolute atomic E-state index is 11.5. The molecule has 0 saturated carbocycles. The van der Waals surface area contributed by atoms with Crippen molar-refractivity contribution in [2.24, 2.45) is 0 Å². The van der Waals surface area contributed by atoms with Gasteiger partial charge in [-0.25, -0.2) is 0 Å². The van der Waals surface area contributed by atoms with Crippen LogP contribution >= 0.6 is 11.6 Å². The number of amides is 2. The molecule has 0 radical (unpaired) electrons. The van der Waals surface area contributed by atoms with Crippen molar-refractivity contribution in [2.45, 2.75) is 13.3 Å². The van der Waals surface area contributed by atoms with E-state index < -0.39 is 0 Å². The molecule has 0 aliphatic heterocycles. The number of hydrogen-bond donors (Lipinski definition) is 2. The average Bonchev–Trinajstić information content (AvgIpc) is 2.31. The Kier molecular flexibility index (Phi) is 5.39. The molecule has 96 valence electrons. The van der Waals surface area contributed by atoms with E-state index >= 15 is 0 Å². The monoisotopic (exact) mass is 266 g/mol. The molecule has 0 aliphatic carbocycles. The van der Waals surface area contributed by atoms with Crippen molar-refractivity contribution in [1.82, 2.24) is 5.32 Å². The molecule has 2 amide bonds. The zero-order valence-corrected chi connectivity index (χ0v) is 10.9. The van der Waals surface area contributed by atoms with Crippen LogP contribution in [0.2, 0.25) is 5.02 Å². The summed E-state index contributed by atoms with van der Waals surface area (Å²) in [4.78, 5) is 22.8. The van der Waals surface area contributed by atoms with Crippen LogP contribution in [0.1, 0.15) is 12.0 Å². The lowest BCUT2D eigenvalue weighted by Gasteiger charge is -2.06. The maximum atomic E-state index is 11.5. The fourth-order valence-electron chi connectivity index (χ4n) is 1.27. The van der Waals surface area contributed by atoms with Gasteiger partial charge in [0.2, 0.25) is 11.8 Å². The van der Waals surface area contributed by atoms with Gasteiger partial charge in [0.25, 0.3) is 0 Å². The number of anilines is 1. The summed E-state index contributed by atoms with van der Waals surface area (Å²) in [6, 6.07) is 5.19. The highest BCUT2D eigenvalue weighted by atomic mass is 35.5. The van der Waals surface area contributed by atoms with E-state index in [-0.39, 0.29) is 18.2 Å². The molecule has 0 aliphatic rings. The van der Waals surface area contributed by atoms with Gasteiger partial charge in [-0.15, -0.1) is 6.58 Å². The largest absolute Gasteiger partial charge is 0.352 e. The van der Waals surface area contributed by atoms with Crippen LogP contribution in [0.5, 0.6) is 0 Å². The third-order valence-electron chi connectivity index (χ3n) is 2.22. The van der Waals surface area contributed by atoms with Gasteiger partial charge in [-0.3, -0.25) is 9.59 Å². The van der Waals surface area contributed by atoms with E-state index in [1.54, 1.807) is 24.3 Å². The van der Waals surface area contributed by atoms with Gasteiger partial charge >= 0.3 is 0 Å². The van der Waals surface area contributed by atoms with Gasteiger partial charge < -0.3 is 10.6 Å². The number of halogens is 1. The molecule has 0 spiro atoms. The number of benzene rings is 1. The zero-order valence-electron chi connectivity index (χ0n) is 10.1. The molecule has 0 atom stereocenters. The second-order valence-electron chi connectivity index (χ2n) is 3.78. The van der Waals surface area contributed by atoms with E-state index in [1.807, 2.05) is 6.92 Å². The Bertz CT molecular complexity index is 472. The summed E-state index contributed by atoms with van der Waals surface area (Å²) in [5.74, 6) is -0.720. The van der Waals surface area contributed by atoms with Crippen molar-refractivity contribution in [2.75, 3.05) is 11.9 Å². The molecule has 0 heterocycles. The quantitative estimate of drug-likeness (QED) is 0.635. The first-order chi connectivity index (χ1) is 8.52. The molecular formula is C13H15ClN2O2. The van der Waals surface area contributed by atoms with Crippen LogP contribution in [0.25, 0.3) is 0 Å². The highest BCUT2D eigenvalue weighted by molar-refractivity contribution is 6.31. The van der Waals surface area contributed by atoms with Crippen molar-refractivity contribution < 1.29 is 9.59 Å². The summed E-state index contributed by atoms with van der Waals surface area (Å²) in [7, 11) is 0. The van der Waals surface area contributed by atoms with Crippen molar-refractivity contribution in [3.63, 3.8) is 0 Å². The molecule has 5 heteroatoms. The lowest BCUT2D eigenvalue weighted by Crippen LogP contribution is -2.28. The molecule has 0 bridgehead atoms. The number of carbonyl (C=O) groups excluding carboxylic acids is 2. The lowest BCUT2D eigenvalue weighted by molar-refractivity contribution is -0.126. The third kappa shape index (κ3) is 4.59. The Morgan fingerprint density at radius 3 is 2.72 bits per heavy atom. The average molecular weight is 267 g/mol. The van der Waals surface area contributed by atoms with Gasteiger partial charge in [0.05, 0.1) is 0 Å². The van der Waals surface area contributed by atoms with Crippen LogP contribution in [-0.4, -0.2) is 18.4 Å². The minimum atomic E-state index is -0.378. The summed E-state index contributed by atoms with van der Waals surface area (Å²) in [5, 5.41) is 5.71. The number of rotatable bonds is 5. The SMILES string of the molecule is C=CCNC(=O)CC(=O)Nc1ccc(C)c(Cl)c1. The van der Waals surface area contributed by atoms with Crippen LogP contribution < -0.4 is 10.6 Å². The highest BCUT2D eigenvalue weighted by Gasteiger charge is 2.09. The van der Waals surface area contributed by atoms with Crippen LogP contribution in [0.4, 0.5) is 5.69 Å². The normalized spacial score (nSPS) is 9.67. The molecule has 1 aromatic carbocycles. The fraction of sp³-hybridized carbons (Fsp3) is 0.231. The summed E-state index contributed by atoms with van der Waals surface area (Å²) in [6.07, 6.45) is 1.33. The Balaban J connectivity index is 2.51. The molecule has 4 nitrogen and oxygen atoms in total. The minimum absolute atomic E-state index is 0.223. The topological polar surface area (TPSA) is 58.2 Å². The predicted molar refractivity (Wildman–Crippen MR) is 72.6 cm³/mol. The standard InChI is InChI=1S/C13H15ClN2O2/c1-3-6-15-12(17)8-13(18)16-10-5-4-9(2)11(14)7-10/h3-5,7H,1,6,8H2,2H3,(H,15,17)(H,16,18). The van der Waals surface area contributed by atoms with Gasteiger partial charge in [0, 0.05) is 17.3 Å². The number of hydrogen-bond acceptors (Lipinski definition) is 2. The second-order valence-corrected chi connectivity index (χ2v) is 4.19. The summed E-state index contributed by atoms with van der Waals surface area (Å²) >= 11 is 5.93. The third-order valence-corrected chi connectivity index (χ3v) is 2.63. The molecular weight excluding hydrogens is 252 g/mol. The van der Waals surface area contributed by atoms with Gasteiger partial charge in [-0.1, -0.05) is 23.7 Å². The van der Waals surface area contributed by atoms with E-state index in [0.29, 0.717) is 17.3 Å². The van der Waals surface area contributed by atoms with E-state index in [9.17, 15) is 9.59 Å². The Morgan fingerprint density at radius 1 is 1.39 bits per heavy atom. The van der Waals surface area contributed by atoms with Crippen molar-refractivity contribution in [3.8, 4) is 0 Å². The first-order valence-electron chi connectivity index (χ1n) is 5.46. The van der Waals surface area contributed by atoms with Crippen molar-refractivity contribution in [1.29, 1.82) is 0 Å².